The molecule has 3 aromatic rings. The van der Waals surface area contributed by atoms with Crippen molar-refractivity contribution >= 4 is 73.5 Å². The molecule has 0 spiro atoms. The maximum absolute atomic E-state index is 10.7. The molecule has 1 aromatic heterocycles. The summed E-state index contributed by atoms with van der Waals surface area (Å²) in [6.07, 6.45) is 4.86. The molecule has 0 fully saturated rings. The molecule has 2 aromatic carbocycles. The van der Waals surface area contributed by atoms with Crippen LogP contribution in [0.3, 0.4) is 0 Å². The largest absolute Gasteiger partial charge is 0.522 e. The van der Waals surface area contributed by atoms with E-state index >= 15 is 0 Å². The Labute approximate surface area is 238 Å². The van der Waals surface area contributed by atoms with Gasteiger partial charge in [0.05, 0.1) is 6.54 Å². The number of fused-ring (bicyclic) bond motifs is 1. The molecule has 210 valence electrons. The summed E-state index contributed by atoms with van der Waals surface area (Å²) in [5, 5.41) is 4.44. The van der Waals surface area contributed by atoms with E-state index in [9.17, 15) is 13.2 Å². The molecule has 0 atom stereocenters. The summed E-state index contributed by atoms with van der Waals surface area (Å²) < 4.78 is 68.3. The maximum atomic E-state index is 10.7. The summed E-state index contributed by atoms with van der Waals surface area (Å²) in [6.45, 7) is 5.50. The van der Waals surface area contributed by atoms with Crippen molar-refractivity contribution in [1.82, 2.24) is 4.98 Å². The highest BCUT2D eigenvalue weighted by Gasteiger charge is 2.44. The zero-order valence-corrected chi connectivity index (χ0v) is 23.8. The summed E-state index contributed by atoms with van der Waals surface area (Å²) in [4.78, 5) is 8.25. The van der Waals surface area contributed by atoms with Gasteiger partial charge in [-0.15, -0.1) is 0 Å². The average molecular weight is 638 g/mol. The zero-order chi connectivity index (χ0) is 28.9. The number of pyridine rings is 1. The van der Waals surface area contributed by atoms with Crippen molar-refractivity contribution in [2.45, 2.75) is 25.6 Å². The molecule has 0 saturated heterocycles. The highest BCUT2D eigenvalue weighted by molar-refractivity contribution is 7.86. The first-order valence-corrected chi connectivity index (χ1v) is 13.5. The first-order valence-electron chi connectivity index (χ1n) is 10.6. The number of nitrogens with zero attached hydrogens (tertiary/aromatic N) is 2. The van der Waals surface area contributed by atoms with Crippen LogP contribution < -0.4 is 0 Å². The highest BCUT2D eigenvalue weighted by atomic mass is 35.5. The average Bonchev–Trinajstić information content (AvgIpc) is 2.78. The van der Waals surface area contributed by atoms with Crippen LogP contribution in [0.5, 0.6) is 0 Å². The predicted molar refractivity (Wildman–Crippen MR) is 145 cm³/mol. The predicted octanol–water partition coefficient (Wildman–Crippen LogP) is 7.75. The smallest absolute Gasteiger partial charge is 0.351 e. The molecule has 0 amide bonds. The molecule has 38 heavy (non-hydrogen) atoms. The van der Waals surface area contributed by atoms with Gasteiger partial charge in [-0.3, -0.25) is 14.5 Å². The summed E-state index contributed by atoms with van der Waals surface area (Å²) in [5.41, 5.74) is -4.67. The van der Waals surface area contributed by atoms with Gasteiger partial charge < -0.3 is 9.47 Å². The van der Waals surface area contributed by atoms with Crippen molar-refractivity contribution in [3.63, 3.8) is 0 Å². The van der Waals surface area contributed by atoms with E-state index in [1.165, 1.54) is 0 Å². The van der Waals surface area contributed by atoms with Gasteiger partial charge in [-0.2, -0.15) is 21.6 Å². The zero-order valence-electron chi connectivity index (χ0n) is 19.9. The second-order valence-corrected chi connectivity index (χ2v) is 10.1. The van der Waals surface area contributed by atoms with Gasteiger partial charge in [-0.05, 0) is 55.8 Å². The molecule has 0 bridgehead atoms. The van der Waals surface area contributed by atoms with Gasteiger partial charge in [0.2, 0.25) is 0 Å². The van der Waals surface area contributed by atoms with Crippen molar-refractivity contribution in [3.05, 3.63) is 74.4 Å². The first kappa shape index (κ1) is 34.3. The number of hydrogen-bond donors (Lipinski definition) is 1. The number of ether oxygens (including phenoxy) is 2. The van der Waals surface area contributed by atoms with Gasteiger partial charge in [0.15, 0.2) is 6.29 Å². The van der Waals surface area contributed by atoms with Crippen LogP contribution in [0.1, 0.15) is 19.4 Å². The highest BCUT2D eigenvalue weighted by Crippen LogP contribution is 2.26. The molecule has 15 heteroatoms. The van der Waals surface area contributed by atoms with Crippen molar-refractivity contribution in [1.29, 1.82) is 0 Å². The van der Waals surface area contributed by atoms with E-state index in [2.05, 4.69) is 9.98 Å². The summed E-state index contributed by atoms with van der Waals surface area (Å²) >= 11 is 23.6. The number of rotatable bonds is 7. The first-order chi connectivity index (χ1) is 17.7. The van der Waals surface area contributed by atoms with E-state index in [1.54, 1.807) is 42.9 Å². The lowest BCUT2D eigenvalue weighted by Gasteiger charge is -2.14. The molecule has 0 aliphatic rings. The van der Waals surface area contributed by atoms with Crippen molar-refractivity contribution in [3.8, 4) is 0 Å². The molecule has 1 N–H and O–H groups in total. The molecule has 1 heterocycles. The Bertz CT molecular complexity index is 1290. The lowest BCUT2D eigenvalue weighted by molar-refractivity contribution is -0.128. The Morgan fingerprint density at radius 2 is 1.53 bits per heavy atom. The molecule has 0 aliphatic carbocycles. The third-order valence-electron chi connectivity index (χ3n) is 4.04. The molecule has 7 nitrogen and oxygen atoms in total. The van der Waals surface area contributed by atoms with Gasteiger partial charge in [-0.25, -0.2) is 0 Å². The minimum absolute atomic E-state index is 0.300. The monoisotopic (exact) mass is 636 g/mol. The number of alkyl halides is 3. The number of aromatic nitrogens is 1. The third kappa shape index (κ3) is 12.9. The molecular formula is C23H23Cl4F3N2O5S. The molecule has 3 rings (SSSR count). The van der Waals surface area contributed by atoms with Gasteiger partial charge in [0.25, 0.3) is 0 Å². The Morgan fingerprint density at radius 3 is 2.03 bits per heavy atom. The second-order valence-electron chi connectivity index (χ2n) is 6.94. The van der Waals surface area contributed by atoms with E-state index in [0.29, 0.717) is 39.8 Å². The lowest BCUT2D eigenvalue weighted by atomic mass is 10.2. The van der Waals surface area contributed by atoms with E-state index < -0.39 is 15.6 Å². The van der Waals surface area contributed by atoms with Crippen molar-refractivity contribution < 1.29 is 35.6 Å². The van der Waals surface area contributed by atoms with E-state index in [-0.39, 0.29) is 6.29 Å². The Balaban J connectivity index is 0.000000310. The van der Waals surface area contributed by atoms with Crippen LogP contribution in [0.2, 0.25) is 20.1 Å². The van der Waals surface area contributed by atoms with Crippen LogP contribution >= 0.6 is 46.4 Å². The Hall–Kier alpha value is -1.70. The van der Waals surface area contributed by atoms with Crippen LogP contribution in [-0.4, -0.2) is 55.7 Å². The second kappa shape index (κ2) is 16.4. The number of halogens is 7. The quantitative estimate of drug-likeness (QED) is 0.123. The van der Waals surface area contributed by atoms with Gasteiger partial charge in [-0.1, -0.05) is 46.4 Å². The Kier molecular flexibility index (Phi) is 14.8. The number of aliphatic imine (C=N–C) groups is 1. The summed E-state index contributed by atoms with van der Waals surface area (Å²) in [6, 6.07) is 10.7. The fraction of sp³-hybridized carbons (Fsp3) is 0.304. The van der Waals surface area contributed by atoms with Gasteiger partial charge in [0, 0.05) is 62.7 Å². The minimum atomic E-state index is -5.84. The maximum Gasteiger partial charge on any atom is 0.522 e. The van der Waals surface area contributed by atoms with Crippen LogP contribution in [0.25, 0.3) is 10.8 Å². The number of benzene rings is 2. The van der Waals surface area contributed by atoms with Crippen LogP contribution in [0.15, 0.2) is 53.8 Å². The van der Waals surface area contributed by atoms with Crippen molar-refractivity contribution in [2.24, 2.45) is 4.99 Å². The molecule has 0 radical (unpaired) electrons. The van der Waals surface area contributed by atoms with Crippen LogP contribution in [0.4, 0.5) is 13.2 Å². The van der Waals surface area contributed by atoms with Crippen LogP contribution in [0, 0.1) is 0 Å². The molecular weight excluding hydrogens is 615 g/mol. The third-order valence-corrected chi connectivity index (χ3v) is 5.60. The topological polar surface area (TPSA) is 98.1 Å². The van der Waals surface area contributed by atoms with E-state index in [0.717, 1.165) is 16.3 Å². The normalized spacial score (nSPS) is 11.8. The molecule has 0 aliphatic heterocycles. The van der Waals surface area contributed by atoms with Gasteiger partial charge in [0.1, 0.15) is 0 Å². The van der Waals surface area contributed by atoms with Crippen molar-refractivity contribution in [2.75, 3.05) is 19.8 Å². The standard InChI is InChI=1S/C13H17Cl2NO2.C9H5Cl2N.CHF3O3S/c1-3-17-13(18-4-2)9-16-8-10-5-11(14)7-12(15)6-10;10-7-3-6-5-12-2-1-8(6)9(11)4-7;2-1(3,4)8(5,6)7/h5-8,13H,3-4,9H2,1-2H3;1-5H;(H,5,6,7). The Morgan fingerprint density at radius 1 is 1.00 bits per heavy atom. The summed E-state index contributed by atoms with van der Waals surface area (Å²) in [7, 11) is -5.84. The summed E-state index contributed by atoms with van der Waals surface area (Å²) in [5.74, 6) is 0. The molecule has 0 saturated carbocycles. The van der Waals surface area contributed by atoms with Gasteiger partial charge >= 0.3 is 15.6 Å². The van der Waals surface area contributed by atoms with Crippen LogP contribution in [-0.2, 0) is 19.6 Å². The lowest BCUT2D eigenvalue weighted by Crippen LogP contribution is -2.21. The van der Waals surface area contributed by atoms with E-state index in [4.69, 9.17) is 68.8 Å². The fourth-order valence-electron chi connectivity index (χ4n) is 2.55. The fourth-order valence-corrected chi connectivity index (χ4v) is 3.66. The van der Waals surface area contributed by atoms with E-state index in [1.807, 2.05) is 26.0 Å². The molecule has 0 unspecified atom stereocenters. The minimum Gasteiger partial charge on any atom is -0.351 e. The SMILES string of the molecule is CCOC(CN=Cc1cc(Cl)cc(Cl)c1)OCC.Clc1cc(Cl)c2ccncc2c1.O=S(=O)(O)C(F)(F)F. The number of hydrogen-bond acceptors (Lipinski definition) is 6.